The van der Waals surface area contributed by atoms with Crippen molar-refractivity contribution < 1.29 is 19.6 Å². The molecule has 0 aromatic heterocycles. The zero-order valence-electron chi connectivity index (χ0n) is 19.4. The topological polar surface area (TPSA) is 90.0 Å². The summed E-state index contributed by atoms with van der Waals surface area (Å²) in [5.74, 6) is -0.540. The number of nitrogens with zero attached hydrogens (tertiary/aromatic N) is 2. The molecule has 0 aliphatic carbocycles. The molecule has 0 aliphatic heterocycles. The Bertz CT molecular complexity index is 920. The lowest BCUT2D eigenvalue weighted by molar-refractivity contribution is -0.129. The molecule has 0 radical (unpaired) electrons. The van der Waals surface area contributed by atoms with Gasteiger partial charge in [-0.1, -0.05) is 18.9 Å². The molecule has 0 atom stereocenters. The van der Waals surface area contributed by atoms with E-state index in [1.807, 2.05) is 26.0 Å². The highest BCUT2D eigenvalue weighted by Gasteiger charge is 2.17. The van der Waals surface area contributed by atoms with Crippen molar-refractivity contribution in [2.45, 2.75) is 52.9 Å². The summed E-state index contributed by atoms with van der Waals surface area (Å²) in [6, 6.07) is 13.1. The van der Waals surface area contributed by atoms with Crippen LogP contribution in [-0.4, -0.2) is 41.4 Å². The highest BCUT2D eigenvalue weighted by atomic mass is 16.5. The van der Waals surface area contributed by atoms with Gasteiger partial charge in [0.2, 0.25) is 11.8 Å². The van der Waals surface area contributed by atoms with Crippen LogP contribution in [0.25, 0.3) is 0 Å². The Morgan fingerprint density at radius 2 is 1.47 bits per heavy atom. The van der Waals surface area contributed by atoms with E-state index < -0.39 is 0 Å². The summed E-state index contributed by atoms with van der Waals surface area (Å²) in [6.45, 7) is 6.15. The molecule has 2 rings (SSSR count). The fraction of sp³-hybridized carbons (Fsp3) is 0.400. The van der Waals surface area contributed by atoms with Gasteiger partial charge in [0.15, 0.2) is 0 Å². The number of hydroxylamine groups is 1. The average molecular weight is 440 g/mol. The van der Waals surface area contributed by atoms with Crippen molar-refractivity contribution in [1.29, 1.82) is 0 Å². The highest BCUT2D eigenvalue weighted by Crippen LogP contribution is 2.28. The van der Waals surface area contributed by atoms with Crippen LogP contribution in [0.15, 0.2) is 42.5 Å². The number of carbonyl (C=O) groups excluding carboxylic acids is 3. The zero-order valence-corrected chi connectivity index (χ0v) is 19.4. The van der Waals surface area contributed by atoms with Crippen LogP contribution in [0, 0.1) is 13.8 Å². The van der Waals surface area contributed by atoms with E-state index in [0.29, 0.717) is 30.6 Å². The molecule has 7 heteroatoms. The largest absolute Gasteiger partial charge is 0.342 e. The van der Waals surface area contributed by atoms with E-state index in [-0.39, 0.29) is 17.7 Å². The van der Waals surface area contributed by atoms with E-state index >= 15 is 0 Å². The first kappa shape index (κ1) is 25.1. The number of anilines is 2. The standard InChI is InChI=1S/C25H33N3O4/c1-18-15-19(2)17-23(16-18)28(20(3)29)22-12-10-21(11-13-22)25(31)27(4)14-8-6-5-7-9-24(30)26-32/h10-13,15-17,32H,5-9,14H2,1-4H3,(H,26,30). The lowest BCUT2D eigenvalue weighted by Crippen LogP contribution is -2.28. The number of rotatable bonds is 10. The summed E-state index contributed by atoms with van der Waals surface area (Å²) in [7, 11) is 1.77. The Kier molecular flexibility index (Phi) is 9.40. The lowest BCUT2D eigenvalue weighted by Gasteiger charge is -2.23. The molecule has 0 spiro atoms. The summed E-state index contributed by atoms with van der Waals surface area (Å²) < 4.78 is 0. The Balaban J connectivity index is 1.97. The van der Waals surface area contributed by atoms with Crippen LogP contribution in [0.5, 0.6) is 0 Å². The van der Waals surface area contributed by atoms with Crippen molar-refractivity contribution in [1.82, 2.24) is 10.4 Å². The molecule has 0 saturated carbocycles. The molecule has 0 unspecified atom stereocenters. The molecule has 3 amide bonds. The minimum Gasteiger partial charge on any atom is -0.342 e. The highest BCUT2D eigenvalue weighted by molar-refractivity contribution is 6.00. The second-order valence-corrected chi connectivity index (χ2v) is 8.17. The number of unbranched alkanes of at least 4 members (excludes halogenated alkanes) is 3. The maximum Gasteiger partial charge on any atom is 0.253 e. The summed E-state index contributed by atoms with van der Waals surface area (Å²) in [4.78, 5) is 39.4. The summed E-state index contributed by atoms with van der Waals surface area (Å²) >= 11 is 0. The van der Waals surface area contributed by atoms with Crippen molar-refractivity contribution in [2.24, 2.45) is 0 Å². The van der Waals surface area contributed by atoms with Crippen LogP contribution in [0.2, 0.25) is 0 Å². The maximum absolute atomic E-state index is 12.7. The Hall–Kier alpha value is -3.19. The van der Waals surface area contributed by atoms with Crippen molar-refractivity contribution in [2.75, 3.05) is 18.5 Å². The summed E-state index contributed by atoms with van der Waals surface area (Å²) in [5, 5.41) is 8.47. The van der Waals surface area contributed by atoms with Crippen LogP contribution in [-0.2, 0) is 9.59 Å². The van der Waals surface area contributed by atoms with Gasteiger partial charge < -0.3 is 4.90 Å². The van der Waals surface area contributed by atoms with E-state index in [1.54, 1.807) is 46.6 Å². The molecular weight excluding hydrogens is 406 g/mol. The smallest absolute Gasteiger partial charge is 0.253 e. The number of hydrogen-bond acceptors (Lipinski definition) is 4. The zero-order chi connectivity index (χ0) is 23.7. The van der Waals surface area contributed by atoms with Crippen LogP contribution < -0.4 is 10.4 Å². The van der Waals surface area contributed by atoms with Crippen molar-refractivity contribution in [3.05, 3.63) is 59.2 Å². The lowest BCUT2D eigenvalue weighted by atomic mass is 10.1. The Labute approximate surface area is 190 Å². The molecule has 0 aliphatic rings. The predicted octanol–water partition coefficient (Wildman–Crippen LogP) is 4.52. The Morgan fingerprint density at radius 1 is 0.875 bits per heavy atom. The van der Waals surface area contributed by atoms with Crippen molar-refractivity contribution in [3.63, 3.8) is 0 Å². The van der Waals surface area contributed by atoms with Crippen LogP contribution in [0.1, 0.15) is 60.5 Å². The normalized spacial score (nSPS) is 10.5. The molecule has 0 heterocycles. The molecule has 2 N–H and O–H groups in total. The van der Waals surface area contributed by atoms with Crippen molar-refractivity contribution in [3.8, 4) is 0 Å². The monoisotopic (exact) mass is 439 g/mol. The number of benzene rings is 2. The molecule has 2 aromatic carbocycles. The van der Waals surface area contributed by atoms with E-state index in [2.05, 4.69) is 6.07 Å². The van der Waals surface area contributed by atoms with Gasteiger partial charge in [-0.2, -0.15) is 0 Å². The third kappa shape index (κ3) is 7.20. The third-order valence-electron chi connectivity index (χ3n) is 5.27. The van der Waals surface area contributed by atoms with E-state index in [0.717, 1.165) is 36.1 Å². The minimum atomic E-state index is -0.374. The second kappa shape index (κ2) is 12.0. The number of nitrogens with one attached hydrogen (secondary N) is 1. The fourth-order valence-electron chi connectivity index (χ4n) is 3.71. The SMILES string of the molecule is CC(=O)N(c1ccc(C(=O)N(C)CCCCCCC(=O)NO)cc1)c1cc(C)cc(C)c1. The molecular formula is C25H33N3O4. The number of aryl methyl sites for hydroxylation is 2. The number of hydrogen-bond donors (Lipinski definition) is 2. The van der Waals surface area contributed by atoms with Gasteiger partial charge >= 0.3 is 0 Å². The first-order chi connectivity index (χ1) is 15.2. The quantitative estimate of drug-likeness (QED) is 0.324. The minimum absolute atomic E-state index is 0.0722. The first-order valence-corrected chi connectivity index (χ1v) is 10.9. The van der Waals surface area contributed by atoms with Crippen molar-refractivity contribution >= 4 is 29.1 Å². The molecule has 7 nitrogen and oxygen atoms in total. The molecule has 32 heavy (non-hydrogen) atoms. The van der Waals surface area contributed by atoms with Gasteiger partial charge in [0.1, 0.15) is 0 Å². The fourth-order valence-corrected chi connectivity index (χ4v) is 3.71. The molecule has 2 aromatic rings. The van der Waals surface area contributed by atoms with Gasteiger partial charge in [0.05, 0.1) is 0 Å². The molecule has 172 valence electrons. The number of carbonyl (C=O) groups is 3. The Morgan fingerprint density at radius 3 is 2.03 bits per heavy atom. The van der Waals surface area contributed by atoms with Gasteiger partial charge in [0, 0.05) is 43.9 Å². The molecule has 0 saturated heterocycles. The van der Waals surface area contributed by atoms with E-state index in [9.17, 15) is 14.4 Å². The summed E-state index contributed by atoms with van der Waals surface area (Å²) in [6.07, 6.45) is 3.61. The second-order valence-electron chi connectivity index (χ2n) is 8.17. The van der Waals surface area contributed by atoms with Gasteiger partial charge in [0.25, 0.3) is 5.91 Å². The van der Waals surface area contributed by atoms with Crippen LogP contribution >= 0.6 is 0 Å². The maximum atomic E-state index is 12.7. The van der Waals surface area contributed by atoms with E-state index in [4.69, 9.17) is 5.21 Å². The number of amides is 3. The average Bonchev–Trinajstić information content (AvgIpc) is 2.75. The van der Waals surface area contributed by atoms with E-state index in [1.165, 1.54) is 6.92 Å². The first-order valence-electron chi connectivity index (χ1n) is 10.9. The van der Waals surface area contributed by atoms with Crippen LogP contribution in [0.3, 0.4) is 0 Å². The van der Waals surface area contributed by atoms with Gasteiger partial charge in [-0.15, -0.1) is 0 Å². The predicted molar refractivity (Wildman–Crippen MR) is 125 cm³/mol. The third-order valence-corrected chi connectivity index (χ3v) is 5.27. The summed E-state index contributed by atoms with van der Waals surface area (Å²) in [5.41, 5.74) is 5.88. The van der Waals surface area contributed by atoms with Gasteiger partial charge in [-0.25, -0.2) is 5.48 Å². The molecule has 0 bridgehead atoms. The van der Waals surface area contributed by atoms with Gasteiger partial charge in [-0.05, 0) is 74.2 Å². The molecule has 0 fully saturated rings. The van der Waals surface area contributed by atoms with Gasteiger partial charge in [-0.3, -0.25) is 24.5 Å². The van der Waals surface area contributed by atoms with Crippen LogP contribution in [0.4, 0.5) is 11.4 Å².